The number of amides is 1. The number of carbonyl (C=O) groups is 1. The number of aryl methyl sites for hydroxylation is 1. The summed E-state index contributed by atoms with van der Waals surface area (Å²) in [5.74, 6) is -0.659. The van der Waals surface area contributed by atoms with E-state index in [-0.39, 0.29) is 11.9 Å². The van der Waals surface area contributed by atoms with Gasteiger partial charge in [0.25, 0.3) is 5.91 Å². The Morgan fingerprint density at radius 3 is 2.71 bits per heavy atom. The summed E-state index contributed by atoms with van der Waals surface area (Å²) in [4.78, 5) is 15.3. The number of nitrogens with one attached hydrogen (secondary N) is 1. The molecular formula is C25H30F2N2O2. The molecule has 0 radical (unpaired) electrons. The SMILES string of the molecule is CCc1cc(OC)cc(C(=O)N(C/C(C)=C/c2ccc(F)cc2F)CC2CCCN2)c1. The quantitative estimate of drug-likeness (QED) is 0.655. The van der Waals surface area contributed by atoms with Crippen molar-refractivity contribution in [3.05, 3.63) is 70.3 Å². The van der Waals surface area contributed by atoms with Crippen molar-refractivity contribution in [3.8, 4) is 5.75 Å². The lowest BCUT2D eigenvalue weighted by Crippen LogP contribution is -2.42. The summed E-state index contributed by atoms with van der Waals surface area (Å²) in [7, 11) is 1.59. The number of hydrogen-bond acceptors (Lipinski definition) is 3. The van der Waals surface area contributed by atoms with E-state index in [0.29, 0.717) is 30.0 Å². The van der Waals surface area contributed by atoms with E-state index in [0.717, 1.165) is 43.0 Å². The standard InChI is InChI=1S/C25H30F2N2O2/c1-4-18-11-20(13-23(12-18)31-3)25(30)29(16-22-6-5-9-28-22)15-17(2)10-19-7-8-21(26)14-24(19)27/h7-8,10-14,22,28H,4-6,9,15-16H2,1-3H3/b17-10+. The van der Waals surface area contributed by atoms with E-state index in [1.54, 1.807) is 24.2 Å². The van der Waals surface area contributed by atoms with Gasteiger partial charge in [0.05, 0.1) is 7.11 Å². The minimum absolute atomic E-state index is 0.0883. The molecule has 1 aliphatic rings. The Morgan fingerprint density at radius 2 is 2.06 bits per heavy atom. The van der Waals surface area contributed by atoms with Gasteiger partial charge in [0, 0.05) is 36.3 Å². The van der Waals surface area contributed by atoms with Crippen LogP contribution in [0.3, 0.4) is 0 Å². The van der Waals surface area contributed by atoms with Crippen LogP contribution in [0.1, 0.15) is 48.2 Å². The molecule has 0 aromatic heterocycles. The predicted molar refractivity (Wildman–Crippen MR) is 119 cm³/mol. The van der Waals surface area contributed by atoms with Crippen molar-refractivity contribution in [3.63, 3.8) is 0 Å². The first-order valence-corrected chi connectivity index (χ1v) is 10.7. The minimum Gasteiger partial charge on any atom is -0.497 e. The topological polar surface area (TPSA) is 41.6 Å². The molecular weight excluding hydrogens is 398 g/mol. The summed E-state index contributed by atoms with van der Waals surface area (Å²) >= 11 is 0. The molecule has 1 heterocycles. The second-order valence-corrected chi connectivity index (χ2v) is 8.06. The van der Waals surface area contributed by atoms with E-state index in [4.69, 9.17) is 4.74 Å². The Bertz CT molecular complexity index is 930. The van der Waals surface area contributed by atoms with Crippen molar-refractivity contribution >= 4 is 12.0 Å². The molecule has 0 bridgehead atoms. The monoisotopic (exact) mass is 428 g/mol. The van der Waals surface area contributed by atoms with Gasteiger partial charge in [-0.3, -0.25) is 4.79 Å². The third kappa shape index (κ3) is 6.14. The molecule has 1 aliphatic heterocycles. The molecule has 31 heavy (non-hydrogen) atoms. The zero-order valence-corrected chi connectivity index (χ0v) is 18.4. The molecule has 0 spiro atoms. The summed E-state index contributed by atoms with van der Waals surface area (Å²) in [5.41, 5.74) is 2.73. The van der Waals surface area contributed by atoms with Crippen molar-refractivity contribution in [2.24, 2.45) is 0 Å². The van der Waals surface area contributed by atoms with Crippen molar-refractivity contribution in [2.75, 3.05) is 26.7 Å². The number of benzene rings is 2. The van der Waals surface area contributed by atoms with Crippen molar-refractivity contribution in [1.29, 1.82) is 0 Å². The van der Waals surface area contributed by atoms with Crippen molar-refractivity contribution in [2.45, 2.75) is 39.2 Å². The van der Waals surface area contributed by atoms with E-state index in [1.807, 2.05) is 26.0 Å². The highest BCUT2D eigenvalue weighted by atomic mass is 19.1. The Morgan fingerprint density at radius 1 is 1.26 bits per heavy atom. The van der Waals surface area contributed by atoms with Crippen LogP contribution in [0.5, 0.6) is 5.75 Å². The van der Waals surface area contributed by atoms with Crippen LogP contribution in [0.2, 0.25) is 0 Å². The summed E-state index contributed by atoms with van der Waals surface area (Å²) in [6.45, 7) is 5.75. The summed E-state index contributed by atoms with van der Waals surface area (Å²) in [5, 5.41) is 3.44. The summed E-state index contributed by atoms with van der Waals surface area (Å²) in [6.07, 6.45) is 4.56. The van der Waals surface area contributed by atoms with Crippen LogP contribution >= 0.6 is 0 Å². The second kappa shape index (κ2) is 10.5. The van der Waals surface area contributed by atoms with E-state index >= 15 is 0 Å². The van der Waals surface area contributed by atoms with Gasteiger partial charge in [0.15, 0.2) is 0 Å². The lowest BCUT2D eigenvalue weighted by molar-refractivity contribution is 0.0757. The number of ether oxygens (including phenoxy) is 1. The fourth-order valence-electron chi connectivity index (χ4n) is 3.92. The Kier molecular flexibility index (Phi) is 7.80. The average molecular weight is 429 g/mol. The first-order valence-electron chi connectivity index (χ1n) is 10.7. The normalized spacial score (nSPS) is 16.4. The van der Waals surface area contributed by atoms with Gasteiger partial charge < -0.3 is 15.0 Å². The van der Waals surface area contributed by atoms with Crippen LogP contribution in [0.4, 0.5) is 8.78 Å². The van der Waals surface area contributed by atoms with E-state index in [1.165, 1.54) is 12.1 Å². The molecule has 1 saturated heterocycles. The molecule has 1 amide bonds. The van der Waals surface area contributed by atoms with E-state index in [9.17, 15) is 13.6 Å². The van der Waals surface area contributed by atoms with Gasteiger partial charge in [-0.2, -0.15) is 0 Å². The first-order chi connectivity index (χ1) is 14.9. The predicted octanol–water partition coefficient (Wildman–Crippen LogP) is 4.83. The third-order valence-corrected chi connectivity index (χ3v) is 5.55. The van der Waals surface area contributed by atoms with Gasteiger partial charge in [-0.15, -0.1) is 0 Å². The van der Waals surface area contributed by atoms with Gasteiger partial charge in [-0.05, 0) is 68.6 Å². The smallest absolute Gasteiger partial charge is 0.254 e. The van der Waals surface area contributed by atoms with Crippen LogP contribution in [0, 0.1) is 11.6 Å². The molecule has 2 aromatic rings. The molecule has 6 heteroatoms. The van der Waals surface area contributed by atoms with Crippen LogP contribution in [0.15, 0.2) is 42.0 Å². The Balaban J connectivity index is 1.87. The molecule has 166 valence electrons. The van der Waals surface area contributed by atoms with E-state index in [2.05, 4.69) is 5.32 Å². The summed E-state index contributed by atoms with van der Waals surface area (Å²) < 4.78 is 32.7. The lowest BCUT2D eigenvalue weighted by Gasteiger charge is -2.27. The average Bonchev–Trinajstić information content (AvgIpc) is 3.27. The highest BCUT2D eigenvalue weighted by molar-refractivity contribution is 5.95. The van der Waals surface area contributed by atoms with Crippen LogP contribution in [0.25, 0.3) is 6.08 Å². The highest BCUT2D eigenvalue weighted by Crippen LogP contribution is 2.21. The zero-order valence-electron chi connectivity index (χ0n) is 18.4. The highest BCUT2D eigenvalue weighted by Gasteiger charge is 2.23. The molecule has 0 aliphatic carbocycles. The molecule has 2 aromatic carbocycles. The van der Waals surface area contributed by atoms with Gasteiger partial charge in [0.2, 0.25) is 0 Å². The van der Waals surface area contributed by atoms with Crippen LogP contribution in [-0.2, 0) is 6.42 Å². The largest absolute Gasteiger partial charge is 0.497 e. The molecule has 4 nitrogen and oxygen atoms in total. The van der Waals surface area contributed by atoms with E-state index < -0.39 is 11.6 Å². The van der Waals surface area contributed by atoms with Gasteiger partial charge in [-0.25, -0.2) is 8.78 Å². The van der Waals surface area contributed by atoms with Crippen molar-refractivity contribution < 1.29 is 18.3 Å². The van der Waals surface area contributed by atoms with Crippen molar-refractivity contribution in [1.82, 2.24) is 10.2 Å². The maximum Gasteiger partial charge on any atom is 0.254 e. The number of rotatable bonds is 8. The molecule has 1 N–H and O–H groups in total. The minimum atomic E-state index is -0.616. The van der Waals surface area contributed by atoms with Crippen LogP contribution < -0.4 is 10.1 Å². The third-order valence-electron chi connectivity index (χ3n) is 5.55. The fourth-order valence-corrected chi connectivity index (χ4v) is 3.92. The Hall–Kier alpha value is -2.73. The number of carbonyl (C=O) groups excluding carboxylic acids is 1. The molecule has 0 saturated carbocycles. The number of hydrogen-bond donors (Lipinski definition) is 1. The van der Waals surface area contributed by atoms with Gasteiger partial charge in [0.1, 0.15) is 17.4 Å². The number of methoxy groups -OCH3 is 1. The number of nitrogens with zero attached hydrogens (tertiary/aromatic N) is 1. The molecule has 1 fully saturated rings. The fraction of sp³-hybridized carbons (Fsp3) is 0.400. The maximum atomic E-state index is 14.1. The molecule has 1 unspecified atom stereocenters. The Labute approximate surface area is 182 Å². The first kappa shape index (κ1) is 22.9. The van der Waals surface area contributed by atoms with Gasteiger partial charge >= 0.3 is 0 Å². The van der Waals surface area contributed by atoms with Crippen LogP contribution in [-0.4, -0.2) is 43.6 Å². The summed E-state index contributed by atoms with van der Waals surface area (Å²) in [6, 6.07) is 9.34. The maximum absolute atomic E-state index is 14.1. The zero-order chi connectivity index (χ0) is 22.4. The lowest BCUT2D eigenvalue weighted by atomic mass is 10.1. The second-order valence-electron chi connectivity index (χ2n) is 8.06. The molecule has 1 atom stereocenters. The van der Waals surface area contributed by atoms with Gasteiger partial charge in [-0.1, -0.05) is 18.6 Å². The molecule has 3 rings (SSSR count). The number of halogens is 2.